The highest BCUT2D eigenvalue weighted by Crippen LogP contribution is 2.27. The predicted molar refractivity (Wildman–Crippen MR) is 97.5 cm³/mol. The summed E-state index contributed by atoms with van der Waals surface area (Å²) < 4.78 is 0. The number of urea groups is 1. The summed E-state index contributed by atoms with van der Waals surface area (Å²) in [6.45, 7) is 4.33. The molecule has 24 heavy (non-hydrogen) atoms. The summed E-state index contributed by atoms with van der Waals surface area (Å²) >= 11 is 7.74. The van der Waals surface area contributed by atoms with Crippen LogP contribution >= 0.6 is 22.9 Å². The number of thiophene rings is 1. The van der Waals surface area contributed by atoms with Crippen molar-refractivity contribution in [3.8, 4) is 0 Å². The summed E-state index contributed by atoms with van der Waals surface area (Å²) in [5.74, 6) is 0. The number of fused-ring (bicyclic) bond motifs is 1. The second kappa shape index (κ2) is 6.75. The van der Waals surface area contributed by atoms with Crippen LogP contribution in [0.15, 0.2) is 35.7 Å². The molecule has 2 aliphatic heterocycles. The van der Waals surface area contributed by atoms with Gasteiger partial charge in [0.15, 0.2) is 0 Å². The van der Waals surface area contributed by atoms with E-state index in [9.17, 15) is 4.79 Å². The first-order valence-electron chi connectivity index (χ1n) is 8.25. The van der Waals surface area contributed by atoms with Crippen molar-refractivity contribution >= 4 is 29.0 Å². The van der Waals surface area contributed by atoms with Crippen molar-refractivity contribution < 1.29 is 4.79 Å². The summed E-state index contributed by atoms with van der Waals surface area (Å²) in [6.07, 6.45) is 1.15. The predicted octanol–water partition coefficient (Wildman–Crippen LogP) is 3.35. The van der Waals surface area contributed by atoms with Gasteiger partial charge in [0.1, 0.15) is 0 Å². The summed E-state index contributed by atoms with van der Waals surface area (Å²) in [5, 5.41) is 5.88. The van der Waals surface area contributed by atoms with E-state index < -0.39 is 0 Å². The third kappa shape index (κ3) is 3.29. The lowest BCUT2D eigenvalue weighted by atomic mass is 10.0. The zero-order valence-corrected chi connectivity index (χ0v) is 14.9. The van der Waals surface area contributed by atoms with Crippen LogP contribution < -0.4 is 5.32 Å². The molecule has 0 spiro atoms. The number of nitrogens with one attached hydrogen (secondary N) is 1. The SMILES string of the molecule is O=C(NCc1ccc(Cl)cc1)N1CC(N2CCc3sccc3C2)C1. The summed E-state index contributed by atoms with van der Waals surface area (Å²) in [4.78, 5) is 18.2. The van der Waals surface area contributed by atoms with Crippen LogP contribution in [0.5, 0.6) is 0 Å². The largest absolute Gasteiger partial charge is 0.334 e. The standard InChI is InChI=1S/C18H20ClN3OS/c19-15-3-1-13(2-4-15)9-20-18(23)22-11-16(12-22)21-7-5-17-14(10-21)6-8-24-17/h1-4,6,8,16H,5,7,9-12H2,(H,20,23). The second-order valence-corrected chi connectivity index (χ2v) is 7.87. The molecule has 1 fully saturated rings. The van der Waals surface area contributed by atoms with Crippen LogP contribution in [-0.2, 0) is 19.5 Å². The normalized spacial score (nSPS) is 18.1. The van der Waals surface area contributed by atoms with Gasteiger partial charge in [-0.25, -0.2) is 4.79 Å². The molecule has 0 bridgehead atoms. The summed E-state index contributed by atoms with van der Waals surface area (Å²) in [6, 6.07) is 10.3. The molecule has 1 saturated heterocycles. The molecule has 3 heterocycles. The van der Waals surface area contributed by atoms with Gasteiger partial charge in [-0.15, -0.1) is 11.3 Å². The average molecular weight is 362 g/mol. The minimum Gasteiger partial charge on any atom is -0.334 e. The molecule has 1 N–H and O–H groups in total. The van der Waals surface area contributed by atoms with Gasteiger partial charge in [-0.1, -0.05) is 23.7 Å². The number of hydrogen-bond acceptors (Lipinski definition) is 3. The van der Waals surface area contributed by atoms with Crippen LogP contribution in [0.25, 0.3) is 0 Å². The smallest absolute Gasteiger partial charge is 0.317 e. The Morgan fingerprint density at radius 1 is 1.25 bits per heavy atom. The first-order valence-corrected chi connectivity index (χ1v) is 9.51. The molecule has 0 unspecified atom stereocenters. The van der Waals surface area contributed by atoms with Crippen LogP contribution in [-0.4, -0.2) is 41.5 Å². The van der Waals surface area contributed by atoms with Gasteiger partial charge in [-0.2, -0.15) is 0 Å². The van der Waals surface area contributed by atoms with Gasteiger partial charge in [0.2, 0.25) is 0 Å². The number of benzene rings is 1. The highest BCUT2D eigenvalue weighted by molar-refractivity contribution is 7.10. The summed E-state index contributed by atoms with van der Waals surface area (Å²) in [7, 11) is 0. The first kappa shape index (κ1) is 15.9. The molecule has 6 heteroatoms. The van der Waals surface area contributed by atoms with E-state index in [0.29, 0.717) is 17.6 Å². The Balaban J connectivity index is 1.24. The fourth-order valence-corrected chi connectivity index (χ4v) is 4.34. The zero-order chi connectivity index (χ0) is 16.5. The monoisotopic (exact) mass is 361 g/mol. The highest BCUT2D eigenvalue weighted by atomic mass is 35.5. The number of halogens is 1. The lowest BCUT2D eigenvalue weighted by Gasteiger charge is -2.46. The molecule has 2 aliphatic rings. The minimum atomic E-state index is 0.0226. The Hall–Kier alpha value is -1.56. The van der Waals surface area contributed by atoms with Crippen molar-refractivity contribution in [2.45, 2.75) is 25.6 Å². The molecule has 0 radical (unpaired) electrons. The molecular weight excluding hydrogens is 342 g/mol. The molecule has 4 nitrogen and oxygen atoms in total. The minimum absolute atomic E-state index is 0.0226. The molecule has 1 aromatic heterocycles. The number of rotatable bonds is 3. The lowest BCUT2D eigenvalue weighted by Crippen LogP contribution is -2.63. The van der Waals surface area contributed by atoms with E-state index in [1.807, 2.05) is 40.5 Å². The van der Waals surface area contributed by atoms with Crippen LogP contribution in [0.1, 0.15) is 16.0 Å². The molecular formula is C18H20ClN3OS. The van der Waals surface area contributed by atoms with Crippen molar-refractivity contribution in [3.63, 3.8) is 0 Å². The molecule has 0 aliphatic carbocycles. The quantitative estimate of drug-likeness (QED) is 0.909. The van der Waals surface area contributed by atoms with E-state index in [1.54, 1.807) is 0 Å². The molecule has 2 aromatic rings. The van der Waals surface area contributed by atoms with Crippen LogP contribution in [0.3, 0.4) is 0 Å². The number of carbonyl (C=O) groups excluding carboxylic acids is 1. The molecule has 0 atom stereocenters. The fourth-order valence-electron chi connectivity index (χ4n) is 3.33. The van der Waals surface area contributed by atoms with E-state index >= 15 is 0 Å². The van der Waals surface area contributed by atoms with Gasteiger partial charge in [-0.3, -0.25) is 4.90 Å². The Morgan fingerprint density at radius 3 is 2.83 bits per heavy atom. The first-order chi connectivity index (χ1) is 11.7. The maximum absolute atomic E-state index is 12.2. The van der Waals surface area contributed by atoms with Gasteiger partial charge in [0.25, 0.3) is 0 Å². The van der Waals surface area contributed by atoms with E-state index in [2.05, 4.69) is 21.7 Å². The third-order valence-electron chi connectivity index (χ3n) is 4.86. The van der Waals surface area contributed by atoms with Crippen molar-refractivity contribution in [1.82, 2.24) is 15.1 Å². The van der Waals surface area contributed by atoms with Crippen LogP contribution in [0, 0.1) is 0 Å². The lowest BCUT2D eigenvalue weighted by molar-refractivity contribution is 0.0487. The van der Waals surface area contributed by atoms with Gasteiger partial charge >= 0.3 is 6.03 Å². The second-order valence-electron chi connectivity index (χ2n) is 6.43. The maximum Gasteiger partial charge on any atom is 0.317 e. The zero-order valence-electron chi connectivity index (χ0n) is 13.4. The van der Waals surface area contributed by atoms with Crippen molar-refractivity contribution in [3.05, 3.63) is 56.7 Å². The number of likely N-dealkylation sites (tertiary alicyclic amines) is 1. The fraction of sp³-hybridized carbons (Fsp3) is 0.389. The average Bonchev–Trinajstić information content (AvgIpc) is 3.01. The van der Waals surface area contributed by atoms with E-state index in [0.717, 1.165) is 38.2 Å². The number of hydrogen-bond donors (Lipinski definition) is 1. The molecule has 4 rings (SSSR count). The van der Waals surface area contributed by atoms with E-state index in [-0.39, 0.29) is 6.03 Å². The highest BCUT2D eigenvalue weighted by Gasteiger charge is 2.36. The topological polar surface area (TPSA) is 35.6 Å². The van der Waals surface area contributed by atoms with Gasteiger partial charge in [0, 0.05) is 48.7 Å². The van der Waals surface area contributed by atoms with Gasteiger partial charge in [-0.05, 0) is 41.1 Å². The summed E-state index contributed by atoms with van der Waals surface area (Å²) in [5.41, 5.74) is 2.53. The maximum atomic E-state index is 12.2. The van der Waals surface area contributed by atoms with Crippen molar-refractivity contribution in [2.75, 3.05) is 19.6 Å². The number of carbonyl (C=O) groups is 1. The van der Waals surface area contributed by atoms with Gasteiger partial charge < -0.3 is 10.2 Å². The van der Waals surface area contributed by atoms with Gasteiger partial charge in [0.05, 0.1) is 0 Å². The molecule has 126 valence electrons. The van der Waals surface area contributed by atoms with Crippen LogP contribution in [0.2, 0.25) is 5.02 Å². The van der Waals surface area contributed by atoms with E-state index in [4.69, 9.17) is 11.6 Å². The van der Waals surface area contributed by atoms with E-state index in [1.165, 1.54) is 10.4 Å². The number of amides is 2. The van der Waals surface area contributed by atoms with Crippen LogP contribution in [0.4, 0.5) is 4.79 Å². The number of nitrogens with zero attached hydrogens (tertiary/aromatic N) is 2. The Bertz CT molecular complexity index is 724. The Morgan fingerprint density at radius 2 is 2.04 bits per heavy atom. The Kier molecular flexibility index (Phi) is 4.48. The molecule has 1 aromatic carbocycles. The molecule has 0 saturated carbocycles. The molecule has 2 amide bonds. The van der Waals surface area contributed by atoms with Crippen molar-refractivity contribution in [1.29, 1.82) is 0 Å². The Labute approximate surface area is 151 Å². The third-order valence-corrected chi connectivity index (χ3v) is 6.14. The van der Waals surface area contributed by atoms with Crippen molar-refractivity contribution in [2.24, 2.45) is 0 Å².